The first kappa shape index (κ1) is 37.7. The second kappa shape index (κ2) is 15.9. The highest BCUT2D eigenvalue weighted by molar-refractivity contribution is 5.87. The number of carbonyl (C=O) groups excluding carboxylic acids is 1. The van der Waals surface area contributed by atoms with Crippen molar-refractivity contribution < 1.29 is 78.9 Å². The van der Waals surface area contributed by atoms with Crippen LogP contribution in [0.25, 0.3) is 28.7 Å². The number of aliphatic hydroxyl groups excluding tert-OH is 7. The summed E-state index contributed by atoms with van der Waals surface area (Å²) in [6, 6.07) is 15.0. The molecule has 10 unspecified atom stereocenters. The number of hydrogen-bond acceptors (Lipinski definition) is 17. The number of rotatable bonds is 10. The van der Waals surface area contributed by atoms with Crippen LogP contribution in [0.3, 0.4) is 0 Å². The second-order valence-electron chi connectivity index (χ2n) is 12.3. The lowest BCUT2D eigenvalue weighted by molar-refractivity contribution is -0.278. The first-order chi connectivity index (χ1) is 25.3. The number of phenols is 2. The molecule has 9 N–H and O–H groups in total. The van der Waals surface area contributed by atoms with E-state index in [9.17, 15) is 55.5 Å². The zero-order valence-corrected chi connectivity index (χ0v) is 27.5. The van der Waals surface area contributed by atoms with Gasteiger partial charge in [0.15, 0.2) is 16.9 Å². The van der Waals surface area contributed by atoms with Crippen LogP contribution >= 0.6 is 0 Å². The quantitative estimate of drug-likeness (QED) is 0.0728. The molecule has 53 heavy (non-hydrogen) atoms. The Hall–Kier alpha value is -5.08. The zero-order valence-electron chi connectivity index (χ0n) is 27.5. The third-order valence-corrected chi connectivity index (χ3v) is 8.62. The van der Waals surface area contributed by atoms with Crippen LogP contribution in [0.15, 0.2) is 82.0 Å². The Balaban J connectivity index is 1.28. The van der Waals surface area contributed by atoms with Gasteiger partial charge in [0.25, 0.3) is 0 Å². The number of ether oxygens (including phenoxy) is 5. The van der Waals surface area contributed by atoms with Gasteiger partial charge in [0.2, 0.25) is 12.6 Å². The Labute approximate surface area is 299 Å². The molecular formula is C36H36O17. The Bertz CT molecular complexity index is 1920. The van der Waals surface area contributed by atoms with Gasteiger partial charge >= 0.3 is 5.97 Å². The number of aliphatic hydroxyl groups is 7. The molecule has 2 aromatic carbocycles. The predicted molar refractivity (Wildman–Crippen MR) is 179 cm³/mol. The predicted octanol–water partition coefficient (Wildman–Crippen LogP) is -0.556. The van der Waals surface area contributed by atoms with Crippen molar-refractivity contribution in [3.05, 3.63) is 88.6 Å². The summed E-state index contributed by atoms with van der Waals surface area (Å²) < 4.78 is 34.2. The van der Waals surface area contributed by atoms with Crippen molar-refractivity contribution in [2.24, 2.45) is 0 Å². The van der Waals surface area contributed by atoms with E-state index >= 15 is 0 Å². The number of phenolic OH excluding ortho intramolecular Hbond substituents is 2. The van der Waals surface area contributed by atoms with Gasteiger partial charge in [-0.3, -0.25) is 4.79 Å². The van der Waals surface area contributed by atoms with Crippen LogP contribution in [0.4, 0.5) is 0 Å². The molecule has 0 spiro atoms. The van der Waals surface area contributed by atoms with Crippen LogP contribution in [0, 0.1) is 0 Å². The van der Waals surface area contributed by atoms with Crippen LogP contribution in [0.5, 0.6) is 23.0 Å². The van der Waals surface area contributed by atoms with Crippen molar-refractivity contribution in [2.75, 3.05) is 13.2 Å². The van der Waals surface area contributed by atoms with E-state index in [0.29, 0.717) is 11.1 Å². The van der Waals surface area contributed by atoms with Gasteiger partial charge in [-0.15, -0.1) is 0 Å². The Morgan fingerprint density at radius 3 is 1.89 bits per heavy atom. The lowest BCUT2D eigenvalue weighted by Gasteiger charge is -2.40. The molecule has 17 nitrogen and oxygen atoms in total. The fourth-order valence-electron chi connectivity index (χ4n) is 5.69. The van der Waals surface area contributed by atoms with Crippen LogP contribution in [0.2, 0.25) is 0 Å². The fraction of sp³-hybridized carbons (Fsp3) is 0.333. The molecule has 0 saturated carbocycles. The van der Waals surface area contributed by atoms with Crippen molar-refractivity contribution in [3.63, 3.8) is 0 Å². The van der Waals surface area contributed by atoms with Crippen molar-refractivity contribution in [3.8, 4) is 45.6 Å². The van der Waals surface area contributed by atoms with Gasteiger partial charge in [0.1, 0.15) is 78.4 Å². The molecule has 10 atom stereocenters. The number of esters is 1. The number of fused-ring (bicyclic) bond motifs is 1. The molecule has 2 aromatic rings. The van der Waals surface area contributed by atoms with Gasteiger partial charge in [0.05, 0.1) is 12.2 Å². The largest absolute Gasteiger partial charge is 0.508 e. The molecule has 0 aromatic heterocycles. The van der Waals surface area contributed by atoms with E-state index in [1.54, 1.807) is 12.1 Å². The standard InChI is InChI=1S/C36H36O17/c37-14-25-28(42)30(44)32(46)36(52-25)51-24-13-21-22(49-34(24)17-4-8-19(39)9-5-17)11-20(40)12-23(21)50-35-33(47)31(45)29(43)26(53-35)15-48-27(41)10-3-16-1-6-18(38)7-2-16/h1-13,25-26,28-33,35-39,42-47H,14-15H2/b10-3+. The van der Waals surface area contributed by atoms with Crippen LogP contribution in [-0.4, -0.2) is 127 Å². The maximum Gasteiger partial charge on any atom is 0.330 e. The average Bonchev–Trinajstić information content (AvgIpc) is 3.14. The van der Waals surface area contributed by atoms with Crippen molar-refractivity contribution in [1.82, 2.24) is 0 Å². The van der Waals surface area contributed by atoms with Gasteiger partial charge in [-0.2, -0.15) is 0 Å². The van der Waals surface area contributed by atoms with Crippen molar-refractivity contribution in [2.45, 2.75) is 61.4 Å². The Morgan fingerprint density at radius 1 is 0.698 bits per heavy atom. The number of carbonyl (C=O) groups is 1. The highest BCUT2D eigenvalue weighted by Gasteiger charge is 2.47. The minimum Gasteiger partial charge on any atom is -0.508 e. The molecule has 282 valence electrons. The molecule has 0 bridgehead atoms. The van der Waals surface area contributed by atoms with E-state index in [1.165, 1.54) is 48.5 Å². The minimum absolute atomic E-state index is 0.0190. The molecule has 6 rings (SSSR count). The van der Waals surface area contributed by atoms with E-state index in [2.05, 4.69) is 0 Å². The normalized spacial score (nSPS) is 28.9. The zero-order chi connectivity index (χ0) is 38.0. The van der Waals surface area contributed by atoms with E-state index in [-0.39, 0.29) is 40.1 Å². The molecular weight excluding hydrogens is 704 g/mol. The molecule has 1 aliphatic carbocycles. The van der Waals surface area contributed by atoms with Gasteiger partial charge in [-0.25, -0.2) is 4.79 Å². The first-order valence-electron chi connectivity index (χ1n) is 16.2. The molecule has 4 aliphatic rings. The summed E-state index contributed by atoms with van der Waals surface area (Å²) in [6.07, 6.45) is -14.4. The summed E-state index contributed by atoms with van der Waals surface area (Å²) in [5, 5.41) is 92.2. The average molecular weight is 741 g/mol. The number of benzene rings is 3. The van der Waals surface area contributed by atoms with Gasteiger partial charge in [0, 0.05) is 23.8 Å². The lowest BCUT2D eigenvalue weighted by Crippen LogP contribution is -2.60. The summed E-state index contributed by atoms with van der Waals surface area (Å²) in [5.41, 5.74) is 0.275. The van der Waals surface area contributed by atoms with Gasteiger partial charge in [-0.1, -0.05) is 12.1 Å². The first-order valence-corrected chi connectivity index (χ1v) is 16.2. The maximum absolute atomic E-state index is 12.8. The molecule has 2 saturated heterocycles. The smallest absolute Gasteiger partial charge is 0.330 e. The maximum atomic E-state index is 12.8. The van der Waals surface area contributed by atoms with Gasteiger partial charge < -0.3 is 74.1 Å². The summed E-state index contributed by atoms with van der Waals surface area (Å²) in [6.45, 7) is -1.32. The lowest BCUT2D eigenvalue weighted by atomic mass is 9.99. The molecule has 17 heteroatoms. The Morgan fingerprint density at radius 2 is 1.26 bits per heavy atom. The summed E-state index contributed by atoms with van der Waals surface area (Å²) >= 11 is 0. The molecule has 0 radical (unpaired) electrons. The van der Waals surface area contributed by atoms with E-state index in [4.69, 9.17) is 28.1 Å². The molecule has 3 heterocycles. The van der Waals surface area contributed by atoms with Crippen LogP contribution in [-0.2, 0) is 19.0 Å². The van der Waals surface area contributed by atoms with Crippen molar-refractivity contribution >= 4 is 12.0 Å². The molecule has 2 fully saturated rings. The van der Waals surface area contributed by atoms with Crippen molar-refractivity contribution in [1.29, 1.82) is 0 Å². The number of aromatic hydroxyl groups is 2. The topological polar surface area (TPSA) is 275 Å². The SMILES string of the molecule is O=C(/C=C/c1ccc(O)cc1)OCC1OC(Oc2cc(=O)cc3oc(-c4ccc(O)cc4)c(OC4OC(CO)C(O)C(O)C4O)cc2-3)C(O)C(O)C1O. The molecule has 3 aliphatic heterocycles. The third-order valence-electron chi connectivity index (χ3n) is 8.62. The summed E-state index contributed by atoms with van der Waals surface area (Å²) in [4.78, 5) is 25.2. The second-order valence-corrected chi connectivity index (χ2v) is 12.3. The minimum atomic E-state index is -1.88. The highest BCUT2D eigenvalue weighted by Crippen LogP contribution is 2.43. The van der Waals surface area contributed by atoms with Gasteiger partial charge in [-0.05, 0) is 54.1 Å². The summed E-state index contributed by atoms with van der Waals surface area (Å²) in [5.74, 6) is -1.48. The van der Waals surface area contributed by atoms with Crippen LogP contribution < -0.4 is 14.9 Å². The summed E-state index contributed by atoms with van der Waals surface area (Å²) in [7, 11) is 0. The third kappa shape index (κ3) is 8.28. The number of hydrogen-bond donors (Lipinski definition) is 9. The molecule has 0 amide bonds. The fourth-order valence-corrected chi connectivity index (χ4v) is 5.69. The van der Waals surface area contributed by atoms with E-state index in [1.807, 2.05) is 0 Å². The Kier molecular flexibility index (Phi) is 11.3. The van der Waals surface area contributed by atoms with E-state index < -0.39 is 86.0 Å². The monoisotopic (exact) mass is 740 g/mol. The van der Waals surface area contributed by atoms with Crippen LogP contribution in [0.1, 0.15) is 5.56 Å². The highest BCUT2D eigenvalue weighted by atomic mass is 16.7. The van der Waals surface area contributed by atoms with E-state index in [0.717, 1.165) is 18.2 Å².